The minimum absolute atomic E-state index is 0.0172. The lowest BCUT2D eigenvalue weighted by atomic mass is 10.1. The molecule has 0 aromatic heterocycles. The summed E-state index contributed by atoms with van der Waals surface area (Å²) < 4.78 is 10.5. The van der Waals surface area contributed by atoms with Crippen molar-refractivity contribution in [2.24, 2.45) is 0 Å². The molecule has 28 heavy (non-hydrogen) atoms. The molecule has 0 aliphatic rings. The zero-order valence-corrected chi connectivity index (χ0v) is 16.3. The van der Waals surface area contributed by atoms with Gasteiger partial charge in [-0.05, 0) is 57.2 Å². The van der Waals surface area contributed by atoms with E-state index in [0.717, 1.165) is 0 Å². The monoisotopic (exact) mass is 406 g/mol. The van der Waals surface area contributed by atoms with Gasteiger partial charge in [-0.1, -0.05) is 11.6 Å². The molecule has 0 unspecified atom stereocenters. The molecule has 0 saturated carbocycles. The zero-order chi connectivity index (χ0) is 20.9. The van der Waals surface area contributed by atoms with E-state index in [9.17, 15) is 19.7 Å². The van der Waals surface area contributed by atoms with Gasteiger partial charge in [0.15, 0.2) is 6.61 Å². The molecule has 2 aromatic carbocycles. The summed E-state index contributed by atoms with van der Waals surface area (Å²) in [4.78, 5) is 34.2. The number of carbonyl (C=O) groups excluding carboxylic acids is 2. The van der Waals surface area contributed by atoms with E-state index in [0.29, 0.717) is 0 Å². The highest BCUT2D eigenvalue weighted by molar-refractivity contribution is 6.30. The van der Waals surface area contributed by atoms with Gasteiger partial charge in [-0.15, -0.1) is 0 Å². The molecule has 0 fully saturated rings. The Bertz CT molecular complexity index is 890. The fourth-order valence-electron chi connectivity index (χ4n) is 2.17. The van der Waals surface area contributed by atoms with Gasteiger partial charge in [0.25, 0.3) is 5.91 Å². The van der Waals surface area contributed by atoms with Crippen molar-refractivity contribution >= 4 is 29.2 Å². The summed E-state index contributed by atoms with van der Waals surface area (Å²) in [6.07, 6.45) is 0. The smallest absolute Gasteiger partial charge is 0.338 e. The molecular weight excluding hydrogens is 388 g/mol. The average molecular weight is 407 g/mol. The van der Waals surface area contributed by atoms with Crippen molar-refractivity contribution in [3.8, 4) is 11.5 Å². The van der Waals surface area contributed by atoms with Crippen LogP contribution in [0.15, 0.2) is 42.5 Å². The van der Waals surface area contributed by atoms with Gasteiger partial charge < -0.3 is 14.8 Å². The van der Waals surface area contributed by atoms with E-state index in [2.05, 4.69) is 5.32 Å². The van der Waals surface area contributed by atoms with Crippen molar-refractivity contribution < 1.29 is 24.0 Å². The van der Waals surface area contributed by atoms with Gasteiger partial charge in [0.2, 0.25) is 5.75 Å². The molecule has 2 rings (SSSR count). The Balaban J connectivity index is 2.01. The number of benzene rings is 2. The van der Waals surface area contributed by atoms with Crippen molar-refractivity contribution in [3.05, 3.63) is 63.2 Å². The van der Waals surface area contributed by atoms with Crippen LogP contribution >= 0.6 is 11.6 Å². The summed E-state index contributed by atoms with van der Waals surface area (Å²) in [5.41, 5.74) is -0.491. The number of ether oxygens (including phenoxy) is 2. The molecule has 1 amide bonds. The number of rotatable bonds is 6. The SMILES string of the molecule is CC(C)(C)NC(=O)COC(=O)c1ccc(Oc2ccc(Cl)cc2[N+](=O)[O-])cc1. The second kappa shape index (κ2) is 8.71. The second-order valence-corrected chi connectivity index (χ2v) is 7.31. The molecule has 0 radical (unpaired) electrons. The number of nitro groups is 1. The van der Waals surface area contributed by atoms with Crippen LogP contribution in [0.25, 0.3) is 0 Å². The van der Waals surface area contributed by atoms with Crippen molar-refractivity contribution in [3.63, 3.8) is 0 Å². The lowest BCUT2D eigenvalue weighted by molar-refractivity contribution is -0.385. The minimum Gasteiger partial charge on any atom is -0.452 e. The largest absolute Gasteiger partial charge is 0.452 e. The van der Waals surface area contributed by atoms with Crippen LogP contribution in [0.1, 0.15) is 31.1 Å². The van der Waals surface area contributed by atoms with Gasteiger partial charge in [0, 0.05) is 16.6 Å². The molecule has 0 aliphatic carbocycles. The van der Waals surface area contributed by atoms with Gasteiger partial charge >= 0.3 is 11.7 Å². The van der Waals surface area contributed by atoms with Crippen molar-refractivity contribution in [2.75, 3.05) is 6.61 Å². The molecule has 1 N–H and O–H groups in total. The molecule has 9 heteroatoms. The third kappa shape index (κ3) is 6.24. The quantitative estimate of drug-likeness (QED) is 0.439. The first kappa shape index (κ1) is 21.2. The maximum absolute atomic E-state index is 12.0. The number of halogens is 1. The summed E-state index contributed by atoms with van der Waals surface area (Å²) in [6.45, 7) is 5.05. The van der Waals surface area contributed by atoms with Gasteiger partial charge in [-0.2, -0.15) is 0 Å². The van der Waals surface area contributed by atoms with Crippen LogP contribution in [0.4, 0.5) is 5.69 Å². The highest BCUT2D eigenvalue weighted by Gasteiger charge is 2.18. The molecule has 8 nitrogen and oxygen atoms in total. The second-order valence-electron chi connectivity index (χ2n) is 6.87. The summed E-state index contributed by atoms with van der Waals surface area (Å²) in [5, 5.41) is 14.0. The zero-order valence-electron chi connectivity index (χ0n) is 15.5. The van der Waals surface area contributed by atoms with Crippen LogP contribution in [0.3, 0.4) is 0 Å². The number of hydrogen-bond donors (Lipinski definition) is 1. The lowest BCUT2D eigenvalue weighted by Crippen LogP contribution is -2.42. The molecule has 0 saturated heterocycles. The van der Waals surface area contributed by atoms with Crippen LogP contribution in [0.5, 0.6) is 11.5 Å². The molecule has 0 bridgehead atoms. The van der Waals surface area contributed by atoms with Crippen LogP contribution in [-0.2, 0) is 9.53 Å². The first-order chi connectivity index (χ1) is 13.0. The molecule has 0 heterocycles. The van der Waals surface area contributed by atoms with Gasteiger partial charge in [-0.25, -0.2) is 4.79 Å². The first-order valence-corrected chi connectivity index (χ1v) is 8.63. The molecule has 0 atom stereocenters. The van der Waals surface area contributed by atoms with Crippen LogP contribution in [0, 0.1) is 10.1 Å². The van der Waals surface area contributed by atoms with E-state index >= 15 is 0 Å². The maximum atomic E-state index is 12.0. The summed E-state index contributed by atoms with van der Waals surface area (Å²) in [7, 11) is 0. The topological polar surface area (TPSA) is 108 Å². The Hall–Kier alpha value is -3.13. The number of nitro benzene ring substituents is 1. The maximum Gasteiger partial charge on any atom is 0.338 e. The standard InChI is InChI=1S/C19H19ClN2O6/c1-19(2,3)21-17(23)11-27-18(24)12-4-7-14(8-5-12)28-16-9-6-13(20)10-15(16)22(25)26/h4-10H,11H2,1-3H3,(H,21,23). The first-order valence-electron chi connectivity index (χ1n) is 8.25. The Morgan fingerprint density at radius 2 is 1.79 bits per heavy atom. The Labute approximate surface area is 166 Å². The highest BCUT2D eigenvalue weighted by atomic mass is 35.5. The molecule has 148 valence electrons. The Kier molecular flexibility index (Phi) is 6.58. The van der Waals surface area contributed by atoms with E-state index < -0.39 is 28.9 Å². The average Bonchev–Trinajstić information content (AvgIpc) is 2.60. The molecule has 0 spiro atoms. The Morgan fingerprint density at radius 1 is 1.14 bits per heavy atom. The number of amides is 1. The molecule has 2 aromatic rings. The highest BCUT2D eigenvalue weighted by Crippen LogP contribution is 2.33. The van der Waals surface area contributed by atoms with Crippen molar-refractivity contribution in [1.82, 2.24) is 5.32 Å². The number of carbonyl (C=O) groups is 2. The molecule has 0 aliphatic heterocycles. The predicted octanol–water partition coefficient (Wildman–Crippen LogP) is 4.11. The molecular formula is C19H19ClN2O6. The summed E-state index contributed by atoms with van der Waals surface area (Å²) in [6, 6.07) is 9.83. The van der Waals surface area contributed by atoms with E-state index in [1.807, 2.05) is 20.8 Å². The van der Waals surface area contributed by atoms with E-state index in [-0.39, 0.29) is 27.8 Å². The van der Waals surface area contributed by atoms with Crippen molar-refractivity contribution in [1.29, 1.82) is 0 Å². The van der Waals surface area contributed by atoms with E-state index in [1.165, 1.54) is 42.5 Å². The number of esters is 1. The van der Waals surface area contributed by atoms with Crippen LogP contribution in [-0.4, -0.2) is 28.9 Å². The lowest BCUT2D eigenvalue weighted by Gasteiger charge is -2.20. The minimum atomic E-state index is -0.673. The fraction of sp³-hybridized carbons (Fsp3) is 0.263. The normalized spacial score (nSPS) is 10.9. The van der Waals surface area contributed by atoms with Crippen LogP contribution in [0.2, 0.25) is 5.02 Å². The van der Waals surface area contributed by atoms with Crippen LogP contribution < -0.4 is 10.1 Å². The van der Waals surface area contributed by atoms with E-state index in [1.54, 1.807) is 0 Å². The third-order valence-corrected chi connectivity index (χ3v) is 3.52. The van der Waals surface area contributed by atoms with Crippen molar-refractivity contribution in [2.45, 2.75) is 26.3 Å². The van der Waals surface area contributed by atoms with Gasteiger partial charge in [0.1, 0.15) is 5.75 Å². The third-order valence-electron chi connectivity index (χ3n) is 3.28. The van der Waals surface area contributed by atoms with Gasteiger partial charge in [-0.3, -0.25) is 14.9 Å². The van der Waals surface area contributed by atoms with E-state index in [4.69, 9.17) is 21.1 Å². The Morgan fingerprint density at radius 3 is 2.36 bits per heavy atom. The number of hydrogen-bond acceptors (Lipinski definition) is 6. The fourth-order valence-corrected chi connectivity index (χ4v) is 2.34. The predicted molar refractivity (Wildman–Crippen MR) is 103 cm³/mol. The number of nitrogens with one attached hydrogen (secondary N) is 1. The van der Waals surface area contributed by atoms with Gasteiger partial charge in [0.05, 0.1) is 10.5 Å². The summed E-state index contributed by atoms with van der Waals surface area (Å²) in [5.74, 6) is -0.778. The number of nitrogens with zero attached hydrogens (tertiary/aromatic N) is 1. The summed E-state index contributed by atoms with van der Waals surface area (Å²) >= 11 is 5.77.